The number of rotatable bonds is 2. The van der Waals surface area contributed by atoms with Crippen LogP contribution in [0.1, 0.15) is 19.3 Å². The van der Waals surface area contributed by atoms with Gasteiger partial charge in [0.05, 0.1) is 5.41 Å². The first-order valence-electron chi connectivity index (χ1n) is 3.24. The third-order valence-corrected chi connectivity index (χ3v) is 3.83. The number of halogens is 2. The van der Waals surface area contributed by atoms with Crippen LogP contribution in [0, 0.1) is 5.41 Å². The van der Waals surface area contributed by atoms with Gasteiger partial charge in [0, 0.05) is 28.4 Å². The van der Waals surface area contributed by atoms with Gasteiger partial charge in [-0.1, -0.05) is 0 Å². The van der Waals surface area contributed by atoms with Crippen molar-refractivity contribution < 1.29 is 9.90 Å². The Morgan fingerprint density at radius 3 is 2.18 bits per heavy atom. The van der Waals surface area contributed by atoms with Crippen LogP contribution in [0.3, 0.4) is 0 Å². The lowest BCUT2D eigenvalue weighted by atomic mass is 9.40. The molecule has 3 rings (SSSR count). The first-order chi connectivity index (χ1) is 4.63. The molecule has 0 aromatic carbocycles. The molecule has 3 aliphatic rings. The van der Waals surface area contributed by atoms with E-state index in [2.05, 4.69) is 26.4 Å². The van der Waals surface area contributed by atoms with E-state index in [0.29, 0.717) is 0 Å². The lowest BCUT2D eigenvalue weighted by molar-refractivity contribution is -0.192. The fourth-order valence-corrected chi connectivity index (χ4v) is 2.69. The van der Waals surface area contributed by atoms with Crippen LogP contribution in [0.15, 0.2) is 0 Å². The maximum atomic E-state index is 10.6. The van der Waals surface area contributed by atoms with Gasteiger partial charge in [0.1, 0.15) is 0 Å². The highest BCUT2D eigenvalue weighted by molar-refractivity contribution is 14.1. The molecule has 2 bridgehead atoms. The minimum atomic E-state index is -0.610. The van der Waals surface area contributed by atoms with Gasteiger partial charge >= 0.3 is 5.97 Å². The number of carbonyl (C=O) groups is 1. The molecule has 0 spiro atoms. The molecule has 3 saturated carbocycles. The molecule has 0 radical (unpaired) electrons. The van der Waals surface area contributed by atoms with E-state index in [1.807, 2.05) is 0 Å². The Hall–Kier alpha value is 0.450. The summed E-state index contributed by atoms with van der Waals surface area (Å²) in [5.41, 5.74) is -0.114. The van der Waals surface area contributed by atoms with Gasteiger partial charge in [-0.3, -0.25) is 8.32 Å². The van der Waals surface area contributed by atoms with Crippen molar-refractivity contribution >= 4 is 41.2 Å². The summed E-state index contributed by atoms with van der Waals surface area (Å²) in [5, 5.41) is 8.71. The average Bonchev–Trinajstić information content (AvgIpc) is 1.57. The monoisotopic (exact) mass is 289 g/mol. The van der Waals surface area contributed by atoms with E-state index in [1.54, 1.807) is 0 Å². The number of aliphatic carboxylic acids is 1. The molecule has 0 amide bonds. The predicted octanol–water partition coefficient (Wildman–Crippen LogP) is 1.36. The van der Waals surface area contributed by atoms with Crippen molar-refractivity contribution in [2.24, 2.45) is 5.41 Å². The summed E-state index contributed by atoms with van der Waals surface area (Å²) < 4.78 is 3.13. The van der Waals surface area contributed by atoms with Gasteiger partial charge in [0.15, 0.2) is 0 Å². The SMILES string of the molecule is Cl.O=C(O)C12CC(NI)(C1)C2. The van der Waals surface area contributed by atoms with Crippen LogP contribution in [-0.4, -0.2) is 16.6 Å². The van der Waals surface area contributed by atoms with E-state index in [4.69, 9.17) is 5.11 Å². The Labute approximate surface area is 84.8 Å². The highest BCUT2D eigenvalue weighted by atomic mass is 127. The highest BCUT2D eigenvalue weighted by Gasteiger charge is 2.71. The van der Waals surface area contributed by atoms with Gasteiger partial charge in [0.25, 0.3) is 0 Å². The largest absolute Gasteiger partial charge is 0.481 e. The van der Waals surface area contributed by atoms with Crippen LogP contribution in [-0.2, 0) is 4.79 Å². The first-order valence-corrected chi connectivity index (χ1v) is 4.32. The maximum absolute atomic E-state index is 10.6. The first kappa shape index (κ1) is 9.54. The zero-order valence-electron chi connectivity index (χ0n) is 5.76. The minimum absolute atomic E-state index is 0. The van der Waals surface area contributed by atoms with E-state index in [0.717, 1.165) is 19.3 Å². The molecule has 64 valence electrons. The van der Waals surface area contributed by atoms with Gasteiger partial charge in [-0.25, -0.2) is 0 Å². The molecule has 2 N–H and O–H groups in total. The second-order valence-corrected chi connectivity index (χ2v) is 4.03. The van der Waals surface area contributed by atoms with Crippen molar-refractivity contribution in [3.63, 3.8) is 0 Å². The number of carboxylic acids is 1. The van der Waals surface area contributed by atoms with Gasteiger partial charge < -0.3 is 5.11 Å². The molecule has 0 aromatic heterocycles. The molecular weight excluding hydrogens is 280 g/mol. The molecule has 3 nitrogen and oxygen atoms in total. The van der Waals surface area contributed by atoms with Crippen LogP contribution in [0.5, 0.6) is 0 Å². The zero-order chi connectivity index (χ0) is 7.41. The Morgan fingerprint density at radius 2 is 1.91 bits per heavy atom. The second-order valence-electron chi connectivity index (χ2n) is 3.49. The zero-order valence-corrected chi connectivity index (χ0v) is 8.74. The molecule has 3 fully saturated rings. The van der Waals surface area contributed by atoms with E-state index in [9.17, 15) is 4.79 Å². The Balaban J connectivity index is 0.000000605. The molecule has 0 atom stereocenters. The smallest absolute Gasteiger partial charge is 0.309 e. The molecule has 11 heavy (non-hydrogen) atoms. The summed E-state index contributed by atoms with van der Waals surface area (Å²) in [6.45, 7) is 0. The lowest BCUT2D eigenvalue weighted by Gasteiger charge is -2.67. The number of nitrogens with one attached hydrogen (secondary N) is 1. The van der Waals surface area contributed by atoms with Crippen molar-refractivity contribution in [1.82, 2.24) is 3.53 Å². The molecular formula is C6H9ClINO2. The summed E-state index contributed by atoms with van der Waals surface area (Å²) in [6, 6.07) is 0. The fraction of sp³-hybridized carbons (Fsp3) is 0.833. The van der Waals surface area contributed by atoms with Gasteiger partial charge in [-0.05, 0) is 19.3 Å². The highest BCUT2D eigenvalue weighted by Crippen LogP contribution is 2.67. The molecule has 3 aliphatic carbocycles. The molecule has 0 heterocycles. The molecule has 5 heteroatoms. The minimum Gasteiger partial charge on any atom is -0.481 e. The van der Waals surface area contributed by atoms with E-state index < -0.39 is 5.97 Å². The predicted molar refractivity (Wildman–Crippen MR) is 51.1 cm³/mol. The quantitative estimate of drug-likeness (QED) is 0.596. The molecule has 0 aliphatic heterocycles. The number of hydrogen-bond donors (Lipinski definition) is 2. The van der Waals surface area contributed by atoms with Crippen molar-refractivity contribution in [2.75, 3.05) is 0 Å². The van der Waals surface area contributed by atoms with Gasteiger partial charge in [0.2, 0.25) is 0 Å². The average molecular weight is 290 g/mol. The Morgan fingerprint density at radius 1 is 1.45 bits per heavy atom. The number of carboxylic acid groups (broad SMARTS) is 1. The van der Waals surface area contributed by atoms with E-state index in [1.165, 1.54) is 0 Å². The van der Waals surface area contributed by atoms with Crippen molar-refractivity contribution in [1.29, 1.82) is 0 Å². The van der Waals surface area contributed by atoms with Crippen molar-refractivity contribution in [3.05, 3.63) is 0 Å². The molecule has 0 saturated heterocycles. The molecule has 0 unspecified atom stereocenters. The van der Waals surface area contributed by atoms with Gasteiger partial charge in [-0.15, -0.1) is 12.4 Å². The van der Waals surface area contributed by atoms with Crippen LogP contribution in [0.25, 0.3) is 0 Å². The van der Waals surface area contributed by atoms with Crippen LogP contribution in [0.4, 0.5) is 0 Å². The van der Waals surface area contributed by atoms with Crippen LogP contribution < -0.4 is 3.53 Å². The summed E-state index contributed by atoms with van der Waals surface area (Å²) in [4.78, 5) is 10.6. The van der Waals surface area contributed by atoms with Gasteiger partial charge in [-0.2, -0.15) is 0 Å². The normalized spacial score (nSPS) is 44.8. The van der Waals surface area contributed by atoms with Crippen molar-refractivity contribution in [2.45, 2.75) is 24.8 Å². The fourth-order valence-electron chi connectivity index (χ4n) is 2.11. The standard InChI is InChI=1S/C6H8INO2.ClH/c7-8-6-1-5(2-6,3-6)4(9)10;/h8H,1-3H2,(H,9,10);1H. The maximum Gasteiger partial charge on any atom is 0.309 e. The third-order valence-electron chi connectivity index (χ3n) is 2.68. The van der Waals surface area contributed by atoms with E-state index >= 15 is 0 Å². The third kappa shape index (κ3) is 0.990. The summed E-state index contributed by atoms with van der Waals surface area (Å²) >= 11 is 2.11. The number of hydrogen-bond acceptors (Lipinski definition) is 2. The summed E-state index contributed by atoms with van der Waals surface area (Å²) in [6.07, 6.45) is 2.49. The topological polar surface area (TPSA) is 49.3 Å². The van der Waals surface area contributed by atoms with Crippen LogP contribution in [0.2, 0.25) is 0 Å². The lowest BCUT2D eigenvalue weighted by Crippen LogP contribution is -2.74. The summed E-state index contributed by atoms with van der Waals surface area (Å²) in [7, 11) is 0. The van der Waals surface area contributed by atoms with Crippen LogP contribution >= 0.6 is 35.3 Å². The molecule has 0 aromatic rings. The summed E-state index contributed by atoms with van der Waals surface area (Å²) in [5.74, 6) is -0.610. The Bertz CT molecular complexity index is 189. The Kier molecular flexibility index (Phi) is 2.14. The second kappa shape index (κ2) is 2.47. The van der Waals surface area contributed by atoms with E-state index in [-0.39, 0.29) is 23.4 Å². The van der Waals surface area contributed by atoms with Crippen molar-refractivity contribution in [3.8, 4) is 0 Å².